The summed E-state index contributed by atoms with van der Waals surface area (Å²) in [5, 5.41) is 0. The van der Waals surface area contributed by atoms with E-state index in [1.807, 2.05) is 0 Å². The first-order chi connectivity index (χ1) is 6.94. The van der Waals surface area contributed by atoms with E-state index in [2.05, 4.69) is 41.5 Å². The minimum atomic E-state index is 0.537. The van der Waals surface area contributed by atoms with Gasteiger partial charge in [0.15, 0.2) is 0 Å². The molecule has 0 heterocycles. The van der Waals surface area contributed by atoms with Gasteiger partial charge in [0, 0.05) is 0 Å². The van der Waals surface area contributed by atoms with Crippen molar-refractivity contribution in [2.45, 2.75) is 80.1 Å². The van der Waals surface area contributed by atoms with Gasteiger partial charge >= 0.3 is 0 Å². The Labute approximate surface area is 97.8 Å². The van der Waals surface area contributed by atoms with Gasteiger partial charge in [-0.1, -0.05) is 67.2 Å². The van der Waals surface area contributed by atoms with Gasteiger partial charge in [-0.25, -0.2) is 0 Å². The number of unbranched alkanes of at least 4 members (excludes halogenated alkanes) is 1. The summed E-state index contributed by atoms with van der Waals surface area (Å²) in [4.78, 5) is 0. The summed E-state index contributed by atoms with van der Waals surface area (Å²) in [5.41, 5.74) is 0.537. The Hall–Kier alpha value is 0. The van der Waals surface area contributed by atoms with Crippen molar-refractivity contribution in [1.82, 2.24) is 0 Å². The van der Waals surface area contributed by atoms with Gasteiger partial charge in [-0.05, 0) is 30.1 Å². The molecule has 0 heteroatoms. The molecule has 0 nitrogen and oxygen atoms in total. The molecule has 0 amide bonds. The third-order valence-corrected chi connectivity index (χ3v) is 4.03. The second-order valence-corrected chi connectivity index (χ2v) is 6.12. The number of rotatable bonds is 8. The smallest absolute Gasteiger partial charge is 0.0329 e. The second kappa shape index (κ2) is 7.30. The molecule has 2 atom stereocenters. The van der Waals surface area contributed by atoms with Crippen molar-refractivity contribution in [3.8, 4) is 0 Å². The SMILES string of the molecule is CCCCC(C)CC(C)C(C)(C)CCC. The summed E-state index contributed by atoms with van der Waals surface area (Å²) in [6.07, 6.45) is 8.27. The highest BCUT2D eigenvalue weighted by molar-refractivity contribution is 4.76. The maximum Gasteiger partial charge on any atom is -0.0329 e. The molecule has 0 N–H and O–H groups in total. The van der Waals surface area contributed by atoms with Crippen LogP contribution in [0.4, 0.5) is 0 Å². The fraction of sp³-hybridized carbons (Fsp3) is 1.00. The van der Waals surface area contributed by atoms with Crippen LogP contribution in [0.1, 0.15) is 80.1 Å². The van der Waals surface area contributed by atoms with Crippen LogP contribution < -0.4 is 0 Å². The topological polar surface area (TPSA) is 0 Å². The van der Waals surface area contributed by atoms with Crippen LogP contribution in [0, 0.1) is 17.3 Å². The van der Waals surface area contributed by atoms with Gasteiger partial charge in [0.2, 0.25) is 0 Å². The Morgan fingerprint density at radius 1 is 1.00 bits per heavy atom. The molecule has 0 rings (SSSR count). The Balaban J connectivity index is 3.93. The van der Waals surface area contributed by atoms with Crippen LogP contribution in [0.3, 0.4) is 0 Å². The van der Waals surface area contributed by atoms with Gasteiger partial charge in [0.25, 0.3) is 0 Å². The van der Waals surface area contributed by atoms with Crippen LogP contribution in [-0.4, -0.2) is 0 Å². The van der Waals surface area contributed by atoms with Gasteiger partial charge in [0.1, 0.15) is 0 Å². The molecule has 15 heavy (non-hydrogen) atoms. The lowest BCUT2D eigenvalue weighted by molar-refractivity contribution is 0.175. The lowest BCUT2D eigenvalue weighted by atomic mass is 9.72. The highest BCUT2D eigenvalue weighted by atomic mass is 14.3. The molecular weight excluding hydrogens is 180 g/mol. The van der Waals surface area contributed by atoms with Gasteiger partial charge in [-0.15, -0.1) is 0 Å². The van der Waals surface area contributed by atoms with E-state index in [1.165, 1.54) is 38.5 Å². The molecule has 0 aliphatic rings. The lowest BCUT2D eigenvalue weighted by Gasteiger charge is -2.33. The van der Waals surface area contributed by atoms with Crippen molar-refractivity contribution in [2.24, 2.45) is 17.3 Å². The molecule has 0 radical (unpaired) electrons. The molecule has 92 valence electrons. The average molecular weight is 212 g/mol. The van der Waals surface area contributed by atoms with Crippen LogP contribution in [0.15, 0.2) is 0 Å². The molecule has 0 aromatic carbocycles. The second-order valence-electron chi connectivity index (χ2n) is 6.12. The highest BCUT2D eigenvalue weighted by Crippen LogP contribution is 2.36. The Kier molecular flexibility index (Phi) is 7.30. The molecule has 0 aliphatic carbocycles. The first-order valence-electron chi connectivity index (χ1n) is 6.94. The quantitative estimate of drug-likeness (QED) is 0.486. The monoisotopic (exact) mass is 212 g/mol. The average Bonchev–Trinajstić information content (AvgIpc) is 2.14. The van der Waals surface area contributed by atoms with E-state index < -0.39 is 0 Å². The van der Waals surface area contributed by atoms with Crippen LogP contribution in [0.5, 0.6) is 0 Å². The van der Waals surface area contributed by atoms with Gasteiger partial charge in [0.05, 0.1) is 0 Å². The van der Waals surface area contributed by atoms with Crippen molar-refractivity contribution in [3.63, 3.8) is 0 Å². The van der Waals surface area contributed by atoms with E-state index in [4.69, 9.17) is 0 Å². The van der Waals surface area contributed by atoms with Crippen LogP contribution in [0.2, 0.25) is 0 Å². The minimum Gasteiger partial charge on any atom is -0.0654 e. The Bertz CT molecular complexity index is 146. The van der Waals surface area contributed by atoms with E-state index in [-0.39, 0.29) is 0 Å². The van der Waals surface area contributed by atoms with Crippen LogP contribution in [0.25, 0.3) is 0 Å². The standard InChI is InChI=1S/C15H32/c1-7-9-10-13(3)12-14(4)15(5,6)11-8-2/h13-14H,7-12H2,1-6H3. The molecule has 0 saturated carbocycles. The van der Waals surface area contributed by atoms with Crippen molar-refractivity contribution >= 4 is 0 Å². The molecule has 2 unspecified atom stereocenters. The zero-order valence-electron chi connectivity index (χ0n) is 11.9. The maximum atomic E-state index is 2.44. The molecule has 0 saturated heterocycles. The fourth-order valence-corrected chi connectivity index (χ4v) is 2.48. The molecule has 0 aromatic rings. The van der Waals surface area contributed by atoms with Gasteiger partial charge in [-0.3, -0.25) is 0 Å². The number of hydrogen-bond donors (Lipinski definition) is 0. The van der Waals surface area contributed by atoms with E-state index in [0.717, 1.165) is 11.8 Å². The predicted molar refractivity (Wildman–Crippen MR) is 71.2 cm³/mol. The fourth-order valence-electron chi connectivity index (χ4n) is 2.48. The van der Waals surface area contributed by atoms with Crippen LogP contribution in [-0.2, 0) is 0 Å². The Morgan fingerprint density at radius 2 is 1.60 bits per heavy atom. The highest BCUT2D eigenvalue weighted by Gasteiger charge is 2.25. The van der Waals surface area contributed by atoms with Crippen molar-refractivity contribution in [1.29, 1.82) is 0 Å². The zero-order chi connectivity index (χ0) is 11.9. The van der Waals surface area contributed by atoms with Crippen molar-refractivity contribution in [3.05, 3.63) is 0 Å². The van der Waals surface area contributed by atoms with Crippen LogP contribution >= 0.6 is 0 Å². The molecule has 0 aliphatic heterocycles. The maximum absolute atomic E-state index is 2.44. The molecule has 0 fully saturated rings. The molecular formula is C15H32. The van der Waals surface area contributed by atoms with E-state index in [0.29, 0.717) is 5.41 Å². The third-order valence-electron chi connectivity index (χ3n) is 4.03. The van der Waals surface area contributed by atoms with E-state index in [1.54, 1.807) is 0 Å². The largest absolute Gasteiger partial charge is 0.0654 e. The Morgan fingerprint density at radius 3 is 2.07 bits per heavy atom. The summed E-state index contributed by atoms with van der Waals surface area (Å²) in [6, 6.07) is 0. The first-order valence-corrected chi connectivity index (χ1v) is 6.94. The normalized spacial score (nSPS) is 16.4. The minimum absolute atomic E-state index is 0.537. The third kappa shape index (κ3) is 6.22. The van der Waals surface area contributed by atoms with E-state index in [9.17, 15) is 0 Å². The lowest BCUT2D eigenvalue weighted by Crippen LogP contribution is -2.23. The van der Waals surface area contributed by atoms with Crippen molar-refractivity contribution < 1.29 is 0 Å². The summed E-state index contributed by atoms with van der Waals surface area (Å²) in [5.74, 6) is 1.78. The predicted octanol–water partition coefficient (Wildman–Crippen LogP) is 5.67. The molecule has 0 spiro atoms. The van der Waals surface area contributed by atoms with E-state index >= 15 is 0 Å². The summed E-state index contributed by atoms with van der Waals surface area (Å²) >= 11 is 0. The summed E-state index contributed by atoms with van der Waals surface area (Å²) in [6.45, 7) is 14.3. The van der Waals surface area contributed by atoms with Gasteiger partial charge < -0.3 is 0 Å². The molecule has 0 aromatic heterocycles. The summed E-state index contributed by atoms with van der Waals surface area (Å²) in [7, 11) is 0. The van der Waals surface area contributed by atoms with Gasteiger partial charge in [-0.2, -0.15) is 0 Å². The molecule has 0 bridgehead atoms. The first kappa shape index (κ1) is 15.0. The zero-order valence-corrected chi connectivity index (χ0v) is 11.9. The number of hydrogen-bond acceptors (Lipinski definition) is 0. The summed E-state index contributed by atoms with van der Waals surface area (Å²) < 4.78 is 0. The van der Waals surface area contributed by atoms with Crippen molar-refractivity contribution in [2.75, 3.05) is 0 Å².